The highest BCUT2D eigenvalue weighted by Gasteiger charge is 2.06. The van der Waals surface area contributed by atoms with Crippen LogP contribution in [0.3, 0.4) is 0 Å². The second-order valence-electron chi connectivity index (χ2n) is 4.30. The summed E-state index contributed by atoms with van der Waals surface area (Å²) >= 11 is 0. The molecule has 0 spiro atoms. The van der Waals surface area contributed by atoms with E-state index in [1.165, 1.54) is 19.3 Å². The molecule has 0 aromatic rings. The highest BCUT2D eigenvalue weighted by Crippen LogP contribution is 2.08. The molecule has 1 unspecified atom stereocenters. The van der Waals surface area contributed by atoms with Crippen molar-refractivity contribution in [2.75, 3.05) is 0 Å². The molecule has 0 aliphatic rings. The van der Waals surface area contributed by atoms with Gasteiger partial charge in [0.25, 0.3) is 0 Å². The van der Waals surface area contributed by atoms with E-state index in [0.29, 0.717) is 6.42 Å². The van der Waals surface area contributed by atoms with Crippen LogP contribution in [0.5, 0.6) is 0 Å². The first kappa shape index (κ1) is 15.2. The third-order valence-electron chi connectivity index (χ3n) is 2.70. The Balaban J connectivity index is 3.24. The molecular weight excluding hydrogens is 200 g/mol. The minimum Gasteiger partial charge on any atom is -0.463 e. The Morgan fingerprint density at radius 3 is 2.50 bits per heavy atom. The van der Waals surface area contributed by atoms with Crippen LogP contribution < -0.4 is 0 Å². The van der Waals surface area contributed by atoms with Crippen LogP contribution in [0.4, 0.5) is 0 Å². The van der Waals surface area contributed by atoms with Gasteiger partial charge >= 0.3 is 5.97 Å². The van der Waals surface area contributed by atoms with E-state index in [9.17, 15) is 4.79 Å². The summed E-state index contributed by atoms with van der Waals surface area (Å²) in [6, 6.07) is 0. The molecule has 0 fully saturated rings. The molecule has 0 radical (unpaired) electrons. The molecule has 94 valence electrons. The summed E-state index contributed by atoms with van der Waals surface area (Å²) in [4.78, 5) is 11.3. The van der Waals surface area contributed by atoms with Crippen LogP contribution in [-0.2, 0) is 9.53 Å². The number of esters is 1. The van der Waals surface area contributed by atoms with Crippen molar-refractivity contribution in [3.05, 3.63) is 12.7 Å². The molecular formula is C14H26O2. The Labute approximate surface area is 100 Å². The molecule has 0 heterocycles. The molecule has 16 heavy (non-hydrogen) atoms. The number of hydrogen-bond donors (Lipinski definition) is 0. The van der Waals surface area contributed by atoms with Crippen molar-refractivity contribution in [1.29, 1.82) is 0 Å². The van der Waals surface area contributed by atoms with Gasteiger partial charge in [-0.3, -0.25) is 4.79 Å². The fraction of sp³-hybridized carbons (Fsp3) is 0.786. The Morgan fingerprint density at radius 2 is 1.88 bits per heavy atom. The highest BCUT2D eigenvalue weighted by molar-refractivity contribution is 5.69. The molecule has 0 aromatic carbocycles. The topological polar surface area (TPSA) is 26.3 Å². The minimum atomic E-state index is -0.0413. The molecule has 0 saturated heterocycles. The van der Waals surface area contributed by atoms with Crippen LogP contribution in [0, 0.1) is 0 Å². The summed E-state index contributed by atoms with van der Waals surface area (Å²) in [5.74, 6) is -0.0413. The van der Waals surface area contributed by atoms with Crippen LogP contribution >= 0.6 is 0 Å². The average molecular weight is 226 g/mol. The van der Waals surface area contributed by atoms with Gasteiger partial charge in [0.05, 0.1) is 6.10 Å². The first-order valence-corrected chi connectivity index (χ1v) is 6.51. The van der Waals surface area contributed by atoms with E-state index >= 15 is 0 Å². The van der Waals surface area contributed by atoms with Crippen molar-refractivity contribution in [1.82, 2.24) is 0 Å². The van der Waals surface area contributed by atoms with E-state index in [-0.39, 0.29) is 12.1 Å². The fourth-order valence-electron chi connectivity index (χ4n) is 1.45. The lowest BCUT2D eigenvalue weighted by molar-refractivity contribution is -0.148. The summed E-state index contributed by atoms with van der Waals surface area (Å²) in [6.45, 7) is 7.66. The Kier molecular flexibility index (Phi) is 10.2. The van der Waals surface area contributed by atoms with E-state index in [4.69, 9.17) is 4.74 Å². The van der Waals surface area contributed by atoms with Crippen LogP contribution in [0.2, 0.25) is 0 Å². The largest absolute Gasteiger partial charge is 0.463 e. The van der Waals surface area contributed by atoms with Gasteiger partial charge in [0.2, 0.25) is 0 Å². The van der Waals surface area contributed by atoms with E-state index in [1.807, 2.05) is 19.9 Å². The van der Waals surface area contributed by atoms with Gasteiger partial charge < -0.3 is 4.74 Å². The molecule has 0 aromatic heterocycles. The molecule has 2 nitrogen and oxygen atoms in total. The van der Waals surface area contributed by atoms with E-state index in [0.717, 1.165) is 25.7 Å². The maximum absolute atomic E-state index is 11.3. The normalized spacial score (nSPS) is 12.1. The van der Waals surface area contributed by atoms with Gasteiger partial charge in [-0.05, 0) is 32.6 Å². The lowest BCUT2D eigenvalue weighted by atomic mass is 10.1. The number of carbonyl (C=O) groups excluding carboxylic acids is 1. The number of carbonyl (C=O) groups is 1. The highest BCUT2D eigenvalue weighted by atomic mass is 16.5. The summed E-state index contributed by atoms with van der Waals surface area (Å²) < 4.78 is 5.19. The van der Waals surface area contributed by atoms with Crippen LogP contribution in [0.15, 0.2) is 12.7 Å². The quantitative estimate of drug-likeness (QED) is 0.316. The zero-order valence-electron chi connectivity index (χ0n) is 10.8. The standard InChI is InChI=1S/C14H26O2/c1-4-6-7-8-9-10-11-12-14(15)16-13(3)5-2/h4,13H,1,5-12H2,2-3H3. The van der Waals surface area contributed by atoms with Crippen molar-refractivity contribution in [2.24, 2.45) is 0 Å². The lowest BCUT2D eigenvalue weighted by Crippen LogP contribution is -2.13. The lowest BCUT2D eigenvalue weighted by Gasteiger charge is -2.10. The van der Waals surface area contributed by atoms with Crippen LogP contribution in [0.25, 0.3) is 0 Å². The first-order chi connectivity index (χ1) is 7.70. The Hall–Kier alpha value is -0.790. The SMILES string of the molecule is C=CCCCCCCCC(=O)OC(C)CC. The third kappa shape index (κ3) is 9.75. The number of unbranched alkanes of at least 4 members (excludes halogenated alkanes) is 5. The predicted molar refractivity (Wildman–Crippen MR) is 68.4 cm³/mol. The molecule has 2 heteroatoms. The van der Waals surface area contributed by atoms with Crippen molar-refractivity contribution in [2.45, 2.75) is 71.3 Å². The number of rotatable bonds is 10. The maximum atomic E-state index is 11.3. The van der Waals surface area contributed by atoms with Crippen LogP contribution in [-0.4, -0.2) is 12.1 Å². The van der Waals surface area contributed by atoms with Gasteiger partial charge in [0.15, 0.2) is 0 Å². The van der Waals surface area contributed by atoms with Crippen molar-refractivity contribution < 1.29 is 9.53 Å². The second-order valence-corrected chi connectivity index (χ2v) is 4.30. The molecule has 0 aliphatic heterocycles. The molecule has 0 N–H and O–H groups in total. The van der Waals surface area contributed by atoms with Crippen molar-refractivity contribution >= 4 is 5.97 Å². The van der Waals surface area contributed by atoms with Crippen molar-refractivity contribution in [3.63, 3.8) is 0 Å². The van der Waals surface area contributed by atoms with Gasteiger partial charge in [-0.1, -0.05) is 32.3 Å². The summed E-state index contributed by atoms with van der Waals surface area (Å²) in [5, 5.41) is 0. The maximum Gasteiger partial charge on any atom is 0.306 e. The van der Waals surface area contributed by atoms with Gasteiger partial charge in [-0.15, -0.1) is 6.58 Å². The van der Waals surface area contributed by atoms with Gasteiger partial charge in [-0.2, -0.15) is 0 Å². The molecule has 0 aliphatic carbocycles. The first-order valence-electron chi connectivity index (χ1n) is 6.51. The Morgan fingerprint density at radius 1 is 1.25 bits per heavy atom. The molecule has 0 amide bonds. The van der Waals surface area contributed by atoms with Gasteiger partial charge in [0.1, 0.15) is 0 Å². The Bertz CT molecular complexity index is 187. The minimum absolute atomic E-state index is 0.0413. The molecule has 0 rings (SSSR count). The zero-order valence-corrected chi connectivity index (χ0v) is 10.8. The predicted octanol–water partition coefficient (Wildman–Crippen LogP) is 4.24. The zero-order chi connectivity index (χ0) is 12.2. The summed E-state index contributed by atoms with van der Waals surface area (Å²) in [6.07, 6.45) is 10.4. The smallest absolute Gasteiger partial charge is 0.306 e. The number of hydrogen-bond acceptors (Lipinski definition) is 2. The second kappa shape index (κ2) is 10.7. The monoisotopic (exact) mass is 226 g/mol. The van der Waals surface area contributed by atoms with E-state index in [1.54, 1.807) is 0 Å². The van der Waals surface area contributed by atoms with E-state index < -0.39 is 0 Å². The molecule has 0 saturated carbocycles. The fourth-order valence-corrected chi connectivity index (χ4v) is 1.45. The summed E-state index contributed by atoms with van der Waals surface area (Å²) in [5.41, 5.74) is 0. The number of ether oxygens (including phenoxy) is 1. The van der Waals surface area contributed by atoms with Gasteiger partial charge in [-0.25, -0.2) is 0 Å². The van der Waals surface area contributed by atoms with Crippen LogP contribution in [0.1, 0.15) is 65.2 Å². The number of allylic oxidation sites excluding steroid dienone is 1. The van der Waals surface area contributed by atoms with E-state index in [2.05, 4.69) is 6.58 Å². The average Bonchev–Trinajstić information content (AvgIpc) is 2.27. The molecule has 0 bridgehead atoms. The third-order valence-corrected chi connectivity index (χ3v) is 2.70. The molecule has 1 atom stereocenters. The van der Waals surface area contributed by atoms with Crippen molar-refractivity contribution in [3.8, 4) is 0 Å². The summed E-state index contributed by atoms with van der Waals surface area (Å²) in [7, 11) is 0. The van der Waals surface area contributed by atoms with Gasteiger partial charge in [0, 0.05) is 6.42 Å².